The maximum atomic E-state index is 12.7. The molecule has 50 heteroatoms. The van der Waals surface area contributed by atoms with E-state index in [1.807, 2.05) is 25.1 Å². The minimum atomic E-state index is -4.69. The molecule has 3 rings (SSSR count). The third-order valence-electron chi connectivity index (χ3n) is 4.71. The minimum Gasteiger partial charge on any atom is -0.206 e. The van der Waals surface area contributed by atoms with Gasteiger partial charge >= 0.3 is 574 Å². The molecule has 418 valence electrons. The van der Waals surface area contributed by atoms with Crippen LogP contribution >= 0.6 is 567 Å². The molecule has 0 aliphatic heterocycles. The van der Waals surface area contributed by atoms with Crippen molar-refractivity contribution < 1.29 is 22.1 Å². The van der Waals surface area contributed by atoms with E-state index in [2.05, 4.69) is 415 Å². The second kappa shape index (κ2) is 50.8. The van der Waals surface area contributed by atoms with Gasteiger partial charge in [0, 0.05) is 0 Å². The van der Waals surface area contributed by atoms with Crippen LogP contribution in [0.3, 0.4) is 0 Å². The molecule has 0 bridgehead atoms. The molecule has 66 heavy (non-hydrogen) atoms. The van der Waals surface area contributed by atoms with Crippen molar-refractivity contribution in [1.29, 1.82) is 5.26 Å². The van der Waals surface area contributed by atoms with Gasteiger partial charge in [-0.05, 0) is 30.7 Å². The van der Waals surface area contributed by atoms with E-state index in [0.29, 0.717) is 11.9 Å². The first kappa shape index (κ1) is 91.6. The summed E-state index contributed by atoms with van der Waals surface area (Å²) >= 11 is 71.0. The number of aryl methyl sites for hydroxylation is 1. The topological polar surface area (TPSA) is 75.8 Å². The third kappa shape index (κ3) is 34.0. The molecule has 1 aromatic heterocycles. The number of nitrogen functional groups attached to an aromatic ring is 1. The van der Waals surface area contributed by atoms with Crippen LogP contribution in [0.4, 0.5) is 23.4 Å². The number of fused-ring (bicyclic) bond motifs is 1. The van der Waals surface area contributed by atoms with Crippen LogP contribution in [-0.2, 0) is 6.18 Å². The fraction of sp³-hybridized carbons (Fsp3) is 0.125. The van der Waals surface area contributed by atoms with Crippen molar-refractivity contribution in [3.8, 4) is 6.07 Å². The molecule has 0 amide bonds. The molecule has 0 fully saturated rings. The van der Waals surface area contributed by atoms with E-state index >= 15 is 0 Å². The minimum absolute atomic E-state index is 0.454. The van der Waals surface area contributed by atoms with Gasteiger partial charge in [0.1, 0.15) is 11.9 Å². The number of hydrogen-bond acceptors (Lipinski definition) is 4. The van der Waals surface area contributed by atoms with Crippen LogP contribution in [0.2, 0.25) is 0 Å². The standard InChI is InChI=1S/C8H3F4N.C8H8N2O.I42/c9-7-3-1-2-6(5(7)4-13)8(10,11)12;1-5-3-2-4-6-7(5)8(9)10-11-6;1-23(2)25(5)27(7)29(9)31(11)33(13)35(15)37(17)39(19)41(21)42(22)40(20)38(18)36(16)34(14)32(12)30(10)28(8)26(6)24(3)4/h1-3H;2-4H,1H3,(H2,9,10);. The molecular weight excluding hydrogens is 5660 g/mol. The van der Waals surface area contributed by atoms with Crippen LogP contribution in [0.5, 0.6) is 0 Å². The summed E-state index contributed by atoms with van der Waals surface area (Å²) in [6.45, 7) is 1.98. The summed E-state index contributed by atoms with van der Waals surface area (Å²) < 4.78 is 53.9. The van der Waals surface area contributed by atoms with E-state index < -0.39 is 181 Å². The fourth-order valence-electron chi connectivity index (χ4n) is 2.62. The molecule has 0 aliphatic rings. The number of rotatable bonds is 19. The summed E-state index contributed by atoms with van der Waals surface area (Å²) in [5.74, 6) is -0.685. The van der Waals surface area contributed by atoms with Gasteiger partial charge in [-0.25, -0.2) is 4.39 Å². The van der Waals surface area contributed by atoms with E-state index in [4.69, 9.17) is 15.5 Å². The van der Waals surface area contributed by atoms with Gasteiger partial charge in [-0.2, -0.15) is 18.4 Å². The van der Waals surface area contributed by atoms with E-state index in [0.717, 1.165) is 28.7 Å². The number of hydrogen-bond donors (Lipinski definition) is 1. The number of alkyl halides is 3. The van der Waals surface area contributed by atoms with Gasteiger partial charge in [0.25, 0.3) is 0 Å². The van der Waals surface area contributed by atoms with Crippen LogP contribution in [0, 0.1) is 24.1 Å². The number of benzene rings is 2. The predicted molar refractivity (Wildman–Crippen MR) is 668 cm³/mol. The van der Waals surface area contributed by atoms with E-state index in [9.17, 15) is 17.6 Å². The molecule has 0 saturated carbocycles. The Kier molecular flexibility index (Phi) is 70.6. The van der Waals surface area contributed by atoms with Gasteiger partial charge in [0.2, 0.25) is 0 Å². The van der Waals surface area contributed by atoms with Crippen molar-refractivity contribution in [3.63, 3.8) is 0 Å². The zero-order chi connectivity index (χ0) is 51.5. The molecule has 3 aromatic rings. The van der Waals surface area contributed by atoms with Gasteiger partial charge in [-0.1, -0.05) is 23.4 Å². The van der Waals surface area contributed by atoms with Crippen molar-refractivity contribution in [3.05, 3.63) is 58.9 Å². The Bertz CT molecular complexity index is 1890. The summed E-state index contributed by atoms with van der Waals surface area (Å²) in [4.78, 5) is 0. The van der Waals surface area contributed by atoms with Gasteiger partial charge in [-0.15, -0.1) is 0 Å². The average molecular weight is 5670 g/mol. The number of nitriles is 1. The number of nitrogens with zero attached hydrogens (tertiary/aromatic N) is 2. The van der Waals surface area contributed by atoms with E-state index in [1.165, 1.54) is 6.07 Å². The molecule has 1 heterocycles. The van der Waals surface area contributed by atoms with Crippen molar-refractivity contribution in [2.75, 3.05) is 5.73 Å². The van der Waals surface area contributed by atoms with Crippen LogP contribution < -0.4 is 5.73 Å². The molecule has 2 aromatic carbocycles. The molecule has 0 atom stereocenters. The second-order valence-electron chi connectivity index (χ2n) is 8.03. The Morgan fingerprint density at radius 1 is 0.500 bits per heavy atom. The number of halogens is 46. The molecule has 0 radical (unpaired) electrons. The molecular formula is C16H11F4I42N3O. The predicted octanol–water partition coefficient (Wildman–Crippen LogP) is 41.6. The molecule has 0 saturated heterocycles. The van der Waals surface area contributed by atoms with Crippen LogP contribution in [0.1, 0.15) is 16.7 Å². The smallest absolute Gasteiger partial charge is 0.206 e. The normalized spacial score (nSPS) is 15.8. The first-order valence-electron chi connectivity index (χ1n) is 12.5. The Morgan fingerprint density at radius 2 is 0.788 bits per heavy atom. The first-order valence-corrected chi connectivity index (χ1v) is 270. The molecule has 0 unspecified atom stereocenters. The van der Waals surface area contributed by atoms with Crippen molar-refractivity contribution in [1.82, 2.24) is 5.16 Å². The van der Waals surface area contributed by atoms with Crippen LogP contribution in [-0.4, -0.2) is 5.16 Å². The molecule has 2 N–H and O–H groups in total. The quantitative estimate of drug-likeness (QED) is 0.0958. The van der Waals surface area contributed by atoms with Gasteiger partial charge < -0.3 is 10.3 Å². The van der Waals surface area contributed by atoms with Crippen LogP contribution in [0.15, 0.2) is 40.9 Å². The van der Waals surface area contributed by atoms with E-state index in [-0.39, 0.29) is 0 Å². The summed E-state index contributed by atoms with van der Waals surface area (Å²) in [7, 11) is -10.2. The van der Waals surface area contributed by atoms with Gasteiger partial charge in [-0.3, -0.25) is 0 Å². The first-order chi connectivity index (χ1) is 30.3. The average Bonchev–Trinajstić information content (AvgIpc) is 3.67. The largest absolute Gasteiger partial charge is 0.417 e. The summed E-state index contributed by atoms with van der Waals surface area (Å²) in [5.41, 5.74) is 5.22. The monoisotopic (exact) mass is 5670 g/mol. The number of aromatic nitrogens is 1. The Balaban J connectivity index is 0.000000717. The Hall–Kier alpha value is 27.6. The summed E-state index contributed by atoms with van der Waals surface area (Å²) in [6.07, 6.45) is -4.69. The van der Waals surface area contributed by atoms with Crippen molar-refractivity contribution >= 4 is 584 Å². The van der Waals surface area contributed by atoms with Gasteiger partial charge in [0.05, 0.1) is 16.5 Å². The zero-order valence-corrected chi connectivity index (χ0v) is 119. The summed E-state index contributed by atoms with van der Waals surface area (Å²) in [5, 5.41) is 12.9. The van der Waals surface area contributed by atoms with E-state index in [1.54, 1.807) is 0 Å². The SMILES string of the molecule is Cc1cccc2onc(N)c12.II(I)I(I)I(I)I(I)I(I)I(I)I(I)I(I)I(I)I(I)I(I)I(I)I(I)I(I)I(I)I(I)I(I)I(I)I(I)I(I)I.N#Cc1c(F)cccc1C(F)(F)F. The molecule has 4 nitrogen and oxygen atoms in total. The molecule has 0 aliphatic carbocycles. The third-order valence-corrected chi connectivity index (χ3v) is 3140. The van der Waals surface area contributed by atoms with Crippen molar-refractivity contribution in [2.45, 2.75) is 13.1 Å². The number of nitrogens with two attached hydrogens (primary N) is 1. The maximum absolute atomic E-state index is 12.7. The van der Waals surface area contributed by atoms with Gasteiger partial charge in [0.15, 0.2) is 11.4 Å². The molecule has 0 spiro atoms. The summed E-state index contributed by atoms with van der Waals surface area (Å²) in [6, 6.07) is 9.33. The Labute approximate surface area is 666 Å². The van der Waals surface area contributed by atoms with Crippen LogP contribution in [0.25, 0.3) is 11.0 Å². The number of anilines is 1. The zero-order valence-electron chi connectivity index (χ0n) is 28.2. The maximum Gasteiger partial charge on any atom is 0.417 e. The van der Waals surface area contributed by atoms with Crippen molar-refractivity contribution in [2.24, 2.45) is 0 Å². The second-order valence-corrected chi connectivity index (χ2v) is 983. The Morgan fingerprint density at radius 3 is 1.03 bits per heavy atom. The fourth-order valence-corrected chi connectivity index (χ4v) is 7550.